The van der Waals surface area contributed by atoms with E-state index >= 15 is 0 Å². The average Bonchev–Trinajstić information content (AvgIpc) is 2.78. The molecule has 0 radical (unpaired) electrons. The van der Waals surface area contributed by atoms with Crippen LogP contribution < -0.4 is 10.1 Å². The van der Waals surface area contributed by atoms with E-state index in [0.717, 1.165) is 11.4 Å². The first kappa shape index (κ1) is 11.7. The topological polar surface area (TPSA) is 39.1 Å². The van der Waals surface area contributed by atoms with Crippen molar-refractivity contribution in [3.05, 3.63) is 48.3 Å². The first-order chi connectivity index (χ1) is 8.31. The highest BCUT2D eigenvalue weighted by Crippen LogP contribution is 2.14. The number of aryl methyl sites for hydroxylation is 1. The monoisotopic (exact) mass is 231 g/mol. The van der Waals surface area contributed by atoms with Gasteiger partial charge in [0.25, 0.3) is 0 Å². The maximum absolute atomic E-state index is 5.73. The van der Waals surface area contributed by atoms with Crippen LogP contribution in [0.15, 0.2) is 42.6 Å². The number of nitrogens with one attached hydrogen (secondary N) is 1. The van der Waals surface area contributed by atoms with Crippen molar-refractivity contribution in [1.82, 2.24) is 15.1 Å². The highest BCUT2D eigenvalue weighted by atomic mass is 16.5. The molecule has 0 aliphatic heterocycles. The van der Waals surface area contributed by atoms with Gasteiger partial charge in [0, 0.05) is 13.2 Å². The highest BCUT2D eigenvalue weighted by molar-refractivity contribution is 5.21. The zero-order valence-electron chi connectivity index (χ0n) is 10.1. The van der Waals surface area contributed by atoms with Crippen molar-refractivity contribution in [2.45, 2.75) is 6.04 Å². The molecule has 17 heavy (non-hydrogen) atoms. The number of benzene rings is 1. The van der Waals surface area contributed by atoms with Crippen LogP contribution in [0.1, 0.15) is 11.7 Å². The Labute approximate surface area is 101 Å². The number of aromatic nitrogens is 2. The van der Waals surface area contributed by atoms with Gasteiger partial charge in [-0.1, -0.05) is 18.2 Å². The summed E-state index contributed by atoms with van der Waals surface area (Å²) in [6.45, 7) is 0.583. The standard InChI is InChI=1S/C13H17N3O/c1-14-12(13-8-9-15-16(13)2)10-17-11-6-4-3-5-7-11/h3-9,12,14H,10H2,1-2H3. The van der Waals surface area contributed by atoms with Crippen LogP contribution in [0.5, 0.6) is 5.75 Å². The van der Waals surface area contributed by atoms with E-state index in [-0.39, 0.29) is 6.04 Å². The number of nitrogens with zero attached hydrogens (tertiary/aromatic N) is 2. The Balaban J connectivity index is 2.00. The van der Waals surface area contributed by atoms with Gasteiger partial charge in [0.1, 0.15) is 12.4 Å². The minimum Gasteiger partial charge on any atom is -0.492 e. The summed E-state index contributed by atoms with van der Waals surface area (Å²) in [5.74, 6) is 0.884. The van der Waals surface area contributed by atoms with E-state index in [1.54, 1.807) is 6.20 Å². The third-order valence-electron chi connectivity index (χ3n) is 2.72. The fourth-order valence-electron chi connectivity index (χ4n) is 1.74. The van der Waals surface area contributed by atoms with Gasteiger partial charge in [0.2, 0.25) is 0 Å². The van der Waals surface area contributed by atoms with Crippen LogP contribution in [0.4, 0.5) is 0 Å². The largest absolute Gasteiger partial charge is 0.492 e. The van der Waals surface area contributed by atoms with E-state index in [2.05, 4.69) is 10.4 Å². The molecule has 0 saturated carbocycles. The van der Waals surface area contributed by atoms with Gasteiger partial charge in [-0.2, -0.15) is 5.10 Å². The second-order valence-electron chi connectivity index (χ2n) is 3.84. The maximum Gasteiger partial charge on any atom is 0.119 e. The van der Waals surface area contributed by atoms with Crippen LogP contribution in [-0.2, 0) is 7.05 Å². The number of rotatable bonds is 5. The lowest BCUT2D eigenvalue weighted by molar-refractivity contribution is 0.267. The Hall–Kier alpha value is -1.81. The third-order valence-corrected chi connectivity index (χ3v) is 2.72. The van der Waals surface area contributed by atoms with Crippen LogP contribution in [0.2, 0.25) is 0 Å². The number of likely N-dealkylation sites (N-methyl/N-ethyl adjacent to an activating group) is 1. The van der Waals surface area contributed by atoms with Crippen molar-refractivity contribution in [3.8, 4) is 5.75 Å². The summed E-state index contributed by atoms with van der Waals surface area (Å²) in [6, 6.07) is 12.0. The summed E-state index contributed by atoms with van der Waals surface area (Å²) in [4.78, 5) is 0. The van der Waals surface area contributed by atoms with Crippen LogP contribution in [0.3, 0.4) is 0 Å². The van der Waals surface area contributed by atoms with E-state index in [9.17, 15) is 0 Å². The van der Waals surface area contributed by atoms with Gasteiger partial charge in [-0.15, -0.1) is 0 Å². The Morgan fingerprint density at radius 1 is 1.29 bits per heavy atom. The lowest BCUT2D eigenvalue weighted by Gasteiger charge is -2.17. The molecular formula is C13H17N3O. The molecule has 1 atom stereocenters. The number of hydrogen-bond donors (Lipinski definition) is 1. The molecule has 0 fully saturated rings. The third kappa shape index (κ3) is 2.85. The first-order valence-corrected chi connectivity index (χ1v) is 5.64. The van der Waals surface area contributed by atoms with E-state index in [4.69, 9.17) is 4.74 Å². The van der Waals surface area contributed by atoms with Crippen molar-refractivity contribution in [2.24, 2.45) is 7.05 Å². The molecular weight excluding hydrogens is 214 g/mol. The van der Waals surface area contributed by atoms with Gasteiger partial charge < -0.3 is 10.1 Å². The van der Waals surface area contributed by atoms with Crippen molar-refractivity contribution >= 4 is 0 Å². The fourth-order valence-corrected chi connectivity index (χ4v) is 1.74. The van der Waals surface area contributed by atoms with Gasteiger partial charge >= 0.3 is 0 Å². The number of para-hydroxylation sites is 1. The minimum absolute atomic E-state index is 0.141. The molecule has 1 unspecified atom stereocenters. The molecule has 1 aromatic carbocycles. The molecule has 4 heteroatoms. The highest BCUT2D eigenvalue weighted by Gasteiger charge is 2.13. The predicted octanol–water partition coefficient (Wildman–Crippen LogP) is 1.76. The molecule has 2 rings (SSSR count). The van der Waals surface area contributed by atoms with Gasteiger partial charge in [-0.05, 0) is 25.2 Å². The zero-order valence-corrected chi connectivity index (χ0v) is 10.1. The van der Waals surface area contributed by atoms with Gasteiger partial charge in [-0.25, -0.2) is 0 Å². The molecule has 1 heterocycles. The molecule has 0 aliphatic rings. The lowest BCUT2D eigenvalue weighted by Crippen LogP contribution is -2.25. The number of hydrogen-bond acceptors (Lipinski definition) is 3. The van der Waals surface area contributed by atoms with Crippen molar-refractivity contribution in [3.63, 3.8) is 0 Å². The maximum atomic E-state index is 5.73. The van der Waals surface area contributed by atoms with Crippen LogP contribution in [-0.4, -0.2) is 23.4 Å². The smallest absolute Gasteiger partial charge is 0.119 e. The van der Waals surface area contributed by atoms with Crippen LogP contribution in [0, 0.1) is 0 Å². The average molecular weight is 231 g/mol. The van der Waals surface area contributed by atoms with E-state index in [1.165, 1.54) is 0 Å². The van der Waals surface area contributed by atoms with Crippen molar-refractivity contribution < 1.29 is 4.74 Å². The molecule has 0 amide bonds. The SMILES string of the molecule is CNC(COc1ccccc1)c1ccnn1C. The molecule has 0 aliphatic carbocycles. The minimum atomic E-state index is 0.141. The molecule has 4 nitrogen and oxygen atoms in total. The lowest BCUT2D eigenvalue weighted by atomic mass is 10.2. The Morgan fingerprint density at radius 2 is 2.06 bits per heavy atom. The molecule has 1 N–H and O–H groups in total. The summed E-state index contributed by atoms with van der Waals surface area (Å²) in [5.41, 5.74) is 1.11. The Morgan fingerprint density at radius 3 is 2.65 bits per heavy atom. The molecule has 2 aromatic rings. The normalized spacial score (nSPS) is 12.4. The first-order valence-electron chi connectivity index (χ1n) is 5.64. The zero-order chi connectivity index (χ0) is 12.1. The van der Waals surface area contributed by atoms with Crippen molar-refractivity contribution in [2.75, 3.05) is 13.7 Å². The van der Waals surface area contributed by atoms with E-state index < -0.39 is 0 Å². The molecule has 90 valence electrons. The summed E-state index contributed by atoms with van der Waals surface area (Å²) >= 11 is 0. The Kier molecular flexibility index (Phi) is 3.77. The summed E-state index contributed by atoms with van der Waals surface area (Å²) in [6.07, 6.45) is 1.79. The molecule has 0 saturated heterocycles. The second kappa shape index (κ2) is 5.50. The van der Waals surface area contributed by atoms with Gasteiger partial charge in [-0.3, -0.25) is 4.68 Å². The van der Waals surface area contributed by atoms with Crippen LogP contribution in [0.25, 0.3) is 0 Å². The van der Waals surface area contributed by atoms with E-state index in [0.29, 0.717) is 6.61 Å². The number of ether oxygens (including phenoxy) is 1. The molecule has 0 bridgehead atoms. The Bertz CT molecular complexity index is 453. The van der Waals surface area contributed by atoms with Gasteiger partial charge in [0.05, 0.1) is 11.7 Å². The molecule has 1 aromatic heterocycles. The fraction of sp³-hybridized carbons (Fsp3) is 0.308. The van der Waals surface area contributed by atoms with Crippen molar-refractivity contribution in [1.29, 1.82) is 0 Å². The quantitative estimate of drug-likeness (QED) is 0.852. The second-order valence-corrected chi connectivity index (χ2v) is 3.84. The summed E-state index contributed by atoms with van der Waals surface area (Å²) < 4.78 is 7.59. The molecule has 0 spiro atoms. The summed E-state index contributed by atoms with van der Waals surface area (Å²) in [7, 11) is 3.86. The van der Waals surface area contributed by atoms with Gasteiger partial charge in [0.15, 0.2) is 0 Å². The predicted molar refractivity (Wildman–Crippen MR) is 66.9 cm³/mol. The van der Waals surface area contributed by atoms with E-state index in [1.807, 2.05) is 55.2 Å². The van der Waals surface area contributed by atoms with Crippen LogP contribution >= 0.6 is 0 Å². The summed E-state index contributed by atoms with van der Waals surface area (Å²) in [5, 5.41) is 7.39.